The van der Waals surface area contributed by atoms with E-state index in [0.29, 0.717) is 22.9 Å². The van der Waals surface area contributed by atoms with Crippen LogP contribution in [-0.4, -0.2) is 23.3 Å². The fraction of sp³-hybridized carbons (Fsp3) is 0.188. The lowest BCUT2D eigenvalue weighted by Crippen LogP contribution is -2.28. The van der Waals surface area contributed by atoms with Crippen molar-refractivity contribution in [1.82, 2.24) is 4.98 Å². The predicted molar refractivity (Wildman–Crippen MR) is 84.8 cm³/mol. The Hall–Kier alpha value is -2.40. The van der Waals surface area contributed by atoms with Crippen LogP contribution in [0.5, 0.6) is 0 Å². The Morgan fingerprint density at radius 1 is 1.32 bits per heavy atom. The maximum absolute atomic E-state index is 12.3. The van der Waals surface area contributed by atoms with E-state index >= 15 is 0 Å². The minimum absolute atomic E-state index is 0.0754. The molecule has 22 heavy (non-hydrogen) atoms. The number of carbonyl (C=O) groups is 2. The zero-order valence-electron chi connectivity index (χ0n) is 11.7. The second-order valence-electron chi connectivity index (χ2n) is 5.12. The van der Waals surface area contributed by atoms with Crippen molar-refractivity contribution in [2.75, 3.05) is 16.8 Å². The quantitative estimate of drug-likeness (QED) is 0.947. The van der Waals surface area contributed by atoms with Gasteiger partial charge in [0, 0.05) is 29.9 Å². The summed E-state index contributed by atoms with van der Waals surface area (Å²) in [4.78, 5) is 29.9. The Balaban J connectivity index is 1.70. The van der Waals surface area contributed by atoms with E-state index in [1.54, 1.807) is 47.6 Å². The third kappa shape index (κ3) is 3.09. The van der Waals surface area contributed by atoms with Gasteiger partial charge in [-0.25, -0.2) is 0 Å². The van der Waals surface area contributed by atoms with Crippen LogP contribution in [0.25, 0.3) is 0 Å². The molecule has 2 amide bonds. The molecular formula is C16H14ClN3O2. The van der Waals surface area contributed by atoms with Crippen molar-refractivity contribution >= 4 is 34.8 Å². The normalized spacial score (nSPS) is 17.6. The van der Waals surface area contributed by atoms with Crippen molar-refractivity contribution in [3.63, 3.8) is 0 Å². The maximum Gasteiger partial charge on any atom is 0.229 e. The lowest BCUT2D eigenvalue weighted by Gasteiger charge is -2.17. The number of aromatic nitrogens is 1. The lowest BCUT2D eigenvalue weighted by atomic mass is 10.1. The van der Waals surface area contributed by atoms with Gasteiger partial charge in [-0.15, -0.1) is 0 Å². The number of nitrogens with one attached hydrogen (secondary N) is 1. The Morgan fingerprint density at radius 2 is 2.18 bits per heavy atom. The smallest absolute Gasteiger partial charge is 0.229 e. The summed E-state index contributed by atoms with van der Waals surface area (Å²) in [5.74, 6) is -0.633. The van der Waals surface area contributed by atoms with E-state index < -0.39 is 0 Å². The first-order valence-electron chi connectivity index (χ1n) is 6.90. The van der Waals surface area contributed by atoms with Crippen molar-refractivity contribution < 1.29 is 9.59 Å². The SMILES string of the molecule is O=C(Nc1cccnc1)C1CC(=O)N(c2cccc(Cl)c2)C1. The number of amides is 2. The molecule has 1 fully saturated rings. The molecule has 0 saturated carbocycles. The van der Waals surface area contributed by atoms with Crippen LogP contribution in [0.4, 0.5) is 11.4 Å². The average Bonchev–Trinajstić information content (AvgIpc) is 2.90. The molecule has 0 radical (unpaired) electrons. The molecule has 5 nitrogen and oxygen atoms in total. The van der Waals surface area contributed by atoms with Gasteiger partial charge < -0.3 is 10.2 Å². The third-order valence-electron chi connectivity index (χ3n) is 3.54. The van der Waals surface area contributed by atoms with Crippen LogP contribution in [-0.2, 0) is 9.59 Å². The molecular weight excluding hydrogens is 302 g/mol. The highest BCUT2D eigenvalue weighted by Crippen LogP contribution is 2.27. The van der Waals surface area contributed by atoms with Crippen LogP contribution in [0.15, 0.2) is 48.8 Å². The molecule has 3 rings (SSSR count). The summed E-state index contributed by atoms with van der Waals surface area (Å²) in [6.45, 7) is 0.352. The van der Waals surface area contributed by atoms with E-state index in [-0.39, 0.29) is 24.2 Å². The minimum Gasteiger partial charge on any atom is -0.324 e. The Labute approximate surface area is 132 Å². The van der Waals surface area contributed by atoms with Crippen molar-refractivity contribution in [2.45, 2.75) is 6.42 Å². The van der Waals surface area contributed by atoms with Crippen LogP contribution < -0.4 is 10.2 Å². The number of hydrogen-bond acceptors (Lipinski definition) is 3. The van der Waals surface area contributed by atoms with Crippen LogP contribution in [0, 0.1) is 5.92 Å². The number of hydrogen-bond donors (Lipinski definition) is 1. The zero-order valence-corrected chi connectivity index (χ0v) is 12.5. The monoisotopic (exact) mass is 315 g/mol. The highest BCUT2D eigenvalue weighted by atomic mass is 35.5. The van der Waals surface area contributed by atoms with Gasteiger partial charge in [0.25, 0.3) is 0 Å². The molecule has 0 spiro atoms. The molecule has 0 bridgehead atoms. The maximum atomic E-state index is 12.3. The molecule has 1 aliphatic rings. The Morgan fingerprint density at radius 3 is 2.91 bits per heavy atom. The largest absolute Gasteiger partial charge is 0.324 e. The molecule has 1 N–H and O–H groups in total. The van der Waals surface area contributed by atoms with E-state index in [2.05, 4.69) is 10.3 Å². The molecule has 6 heteroatoms. The average molecular weight is 316 g/mol. The molecule has 1 saturated heterocycles. The van der Waals surface area contributed by atoms with E-state index in [1.807, 2.05) is 6.07 Å². The molecule has 112 valence electrons. The number of halogens is 1. The number of anilines is 2. The summed E-state index contributed by atoms with van der Waals surface area (Å²) in [5.41, 5.74) is 1.34. The van der Waals surface area contributed by atoms with Gasteiger partial charge in [-0.2, -0.15) is 0 Å². The van der Waals surface area contributed by atoms with Crippen LogP contribution in [0.1, 0.15) is 6.42 Å². The van der Waals surface area contributed by atoms with Gasteiger partial charge in [0.2, 0.25) is 11.8 Å². The fourth-order valence-electron chi connectivity index (χ4n) is 2.46. The van der Waals surface area contributed by atoms with E-state index in [1.165, 1.54) is 0 Å². The Kier molecular flexibility index (Phi) is 4.06. The zero-order chi connectivity index (χ0) is 15.5. The van der Waals surface area contributed by atoms with Crippen LogP contribution >= 0.6 is 11.6 Å². The van der Waals surface area contributed by atoms with Gasteiger partial charge in [-0.1, -0.05) is 17.7 Å². The van der Waals surface area contributed by atoms with Crippen LogP contribution in [0.2, 0.25) is 5.02 Å². The number of nitrogens with zero attached hydrogens (tertiary/aromatic N) is 2. The summed E-state index contributed by atoms with van der Waals surface area (Å²) >= 11 is 5.95. The molecule has 1 aromatic carbocycles. The number of pyridine rings is 1. The molecule has 2 aromatic rings. The molecule has 2 heterocycles. The number of benzene rings is 1. The molecule has 0 aliphatic carbocycles. The summed E-state index contributed by atoms with van der Waals surface area (Å²) in [6.07, 6.45) is 3.40. The number of carbonyl (C=O) groups excluding carboxylic acids is 2. The third-order valence-corrected chi connectivity index (χ3v) is 3.78. The summed E-state index contributed by atoms with van der Waals surface area (Å²) in [7, 11) is 0. The van der Waals surface area contributed by atoms with Crippen LogP contribution in [0.3, 0.4) is 0 Å². The molecule has 1 aliphatic heterocycles. The number of rotatable bonds is 3. The first kappa shape index (κ1) is 14.5. The first-order chi connectivity index (χ1) is 10.6. The van der Waals surface area contributed by atoms with E-state index in [9.17, 15) is 9.59 Å². The fourth-order valence-corrected chi connectivity index (χ4v) is 2.64. The summed E-state index contributed by atoms with van der Waals surface area (Å²) in [6, 6.07) is 10.6. The van der Waals surface area contributed by atoms with E-state index in [4.69, 9.17) is 11.6 Å². The second kappa shape index (κ2) is 6.15. The van der Waals surface area contributed by atoms with Gasteiger partial charge >= 0.3 is 0 Å². The standard InChI is InChI=1S/C16H14ClN3O2/c17-12-3-1-5-14(8-12)20-10-11(7-15(20)21)16(22)19-13-4-2-6-18-9-13/h1-6,8-9,11H,7,10H2,(H,19,22). The predicted octanol–water partition coefficient (Wildman–Crippen LogP) is 2.73. The highest BCUT2D eigenvalue weighted by Gasteiger charge is 2.35. The van der Waals surface area contributed by atoms with Gasteiger partial charge in [-0.05, 0) is 30.3 Å². The second-order valence-corrected chi connectivity index (χ2v) is 5.55. The first-order valence-corrected chi connectivity index (χ1v) is 7.28. The molecule has 1 atom stereocenters. The van der Waals surface area contributed by atoms with E-state index in [0.717, 1.165) is 0 Å². The highest BCUT2D eigenvalue weighted by molar-refractivity contribution is 6.31. The van der Waals surface area contributed by atoms with Gasteiger partial charge in [0.1, 0.15) is 0 Å². The van der Waals surface area contributed by atoms with Gasteiger partial charge in [0.05, 0.1) is 17.8 Å². The Bertz CT molecular complexity index is 706. The van der Waals surface area contributed by atoms with Crippen molar-refractivity contribution in [2.24, 2.45) is 5.92 Å². The van der Waals surface area contributed by atoms with Crippen molar-refractivity contribution in [3.8, 4) is 0 Å². The molecule has 1 unspecified atom stereocenters. The van der Waals surface area contributed by atoms with Crippen molar-refractivity contribution in [3.05, 3.63) is 53.8 Å². The van der Waals surface area contributed by atoms with Crippen molar-refractivity contribution in [1.29, 1.82) is 0 Å². The van der Waals surface area contributed by atoms with Gasteiger partial charge in [0.15, 0.2) is 0 Å². The topological polar surface area (TPSA) is 62.3 Å². The summed E-state index contributed by atoms with van der Waals surface area (Å²) < 4.78 is 0. The van der Waals surface area contributed by atoms with Gasteiger partial charge in [-0.3, -0.25) is 14.6 Å². The molecule has 1 aromatic heterocycles. The summed E-state index contributed by atoms with van der Waals surface area (Å²) in [5, 5.41) is 3.34. The lowest BCUT2D eigenvalue weighted by molar-refractivity contribution is -0.122. The minimum atomic E-state index is -0.383.